The highest BCUT2D eigenvalue weighted by Gasteiger charge is 2.12. The summed E-state index contributed by atoms with van der Waals surface area (Å²) < 4.78 is 5.18. The monoisotopic (exact) mass is 222 g/mol. The first-order valence-electron chi connectivity index (χ1n) is 3.62. The van der Waals surface area contributed by atoms with Crippen molar-refractivity contribution in [3.05, 3.63) is 20.4 Å². The lowest BCUT2D eigenvalue weighted by Gasteiger charge is -2.09. The van der Waals surface area contributed by atoms with Crippen LogP contribution in [0.15, 0.2) is 4.79 Å². The van der Waals surface area contributed by atoms with Crippen molar-refractivity contribution in [2.75, 3.05) is 0 Å². The number of nitrogens with one attached hydrogen (secondary N) is 1. The average molecular weight is 223 g/mol. The van der Waals surface area contributed by atoms with Gasteiger partial charge >= 0.3 is 0 Å². The van der Waals surface area contributed by atoms with Crippen LogP contribution in [0.1, 0.15) is 13.8 Å². The fraction of sp³-hybridized carbons (Fsp3) is 0.429. The molecule has 0 saturated heterocycles. The Morgan fingerprint density at radius 2 is 2.00 bits per heavy atom. The maximum atomic E-state index is 10.9. The lowest BCUT2D eigenvalue weighted by molar-refractivity contribution is 0.230. The molecule has 0 aliphatic heterocycles. The molecule has 0 bridgehead atoms. The number of halogens is 2. The fourth-order valence-electron chi connectivity index (χ4n) is 0.695. The molecule has 1 aromatic heterocycles. The van der Waals surface area contributed by atoms with Gasteiger partial charge in [0.15, 0.2) is 0 Å². The summed E-state index contributed by atoms with van der Waals surface area (Å²) in [5, 5.41) is 5.71. The maximum Gasteiger partial charge on any atom is 0.284 e. The van der Waals surface area contributed by atoms with E-state index in [1.165, 1.54) is 0 Å². The van der Waals surface area contributed by atoms with Crippen LogP contribution in [0.2, 0.25) is 10.0 Å². The minimum Gasteiger partial charge on any atom is -0.473 e. The van der Waals surface area contributed by atoms with Gasteiger partial charge in [0.2, 0.25) is 0 Å². The van der Waals surface area contributed by atoms with Gasteiger partial charge in [-0.25, -0.2) is 5.10 Å². The van der Waals surface area contributed by atoms with E-state index in [9.17, 15) is 4.79 Å². The second-order valence-corrected chi connectivity index (χ2v) is 3.41. The molecule has 0 spiro atoms. The zero-order chi connectivity index (χ0) is 10.0. The largest absolute Gasteiger partial charge is 0.473 e. The summed E-state index contributed by atoms with van der Waals surface area (Å²) in [6, 6.07) is 0. The quantitative estimate of drug-likeness (QED) is 0.832. The SMILES string of the molecule is CC(C)Oc1n[nH]c(=O)c(Cl)c1Cl. The first-order chi connectivity index (χ1) is 6.02. The van der Waals surface area contributed by atoms with Crippen LogP contribution in [0.3, 0.4) is 0 Å². The highest BCUT2D eigenvalue weighted by Crippen LogP contribution is 2.26. The third-order valence-electron chi connectivity index (χ3n) is 1.19. The smallest absolute Gasteiger partial charge is 0.284 e. The molecule has 1 aromatic rings. The van der Waals surface area contributed by atoms with Crippen LogP contribution in [-0.2, 0) is 0 Å². The molecule has 6 heteroatoms. The van der Waals surface area contributed by atoms with E-state index in [4.69, 9.17) is 27.9 Å². The van der Waals surface area contributed by atoms with Gasteiger partial charge in [-0.05, 0) is 13.8 Å². The Kier molecular flexibility index (Phi) is 3.17. The number of hydrogen-bond donors (Lipinski definition) is 1. The summed E-state index contributed by atoms with van der Waals surface area (Å²) in [5.74, 6) is 0.140. The van der Waals surface area contributed by atoms with Gasteiger partial charge in [-0.1, -0.05) is 23.2 Å². The number of ether oxygens (including phenoxy) is 1. The van der Waals surface area contributed by atoms with Crippen LogP contribution in [0.4, 0.5) is 0 Å². The summed E-state index contributed by atoms with van der Waals surface area (Å²) >= 11 is 11.3. The van der Waals surface area contributed by atoms with Crippen LogP contribution in [0, 0.1) is 0 Å². The summed E-state index contributed by atoms with van der Waals surface area (Å²) in [6.07, 6.45) is -0.0769. The Morgan fingerprint density at radius 1 is 1.38 bits per heavy atom. The van der Waals surface area contributed by atoms with Gasteiger partial charge < -0.3 is 4.74 Å². The minimum absolute atomic E-state index is 0.0408. The second kappa shape index (κ2) is 3.98. The number of H-pyrrole nitrogens is 1. The normalized spacial score (nSPS) is 10.5. The molecule has 0 fully saturated rings. The highest BCUT2D eigenvalue weighted by molar-refractivity contribution is 6.42. The Labute approximate surface area is 84.8 Å². The maximum absolute atomic E-state index is 10.9. The van der Waals surface area contributed by atoms with Crippen molar-refractivity contribution in [1.82, 2.24) is 10.2 Å². The van der Waals surface area contributed by atoms with Crippen molar-refractivity contribution >= 4 is 23.2 Å². The van der Waals surface area contributed by atoms with Gasteiger partial charge in [-0.15, -0.1) is 5.10 Å². The van der Waals surface area contributed by atoms with Crippen molar-refractivity contribution in [3.63, 3.8) is 0 Å². The standard InChI is InChI=1S/C7H8Cl2N2O2/c1-3(2)13-7-5(9)4(8)6(12)10-11-7/h3H,1-2H3,(H,10,12). The van der Waals surface area contributed by atoms with Gasteiger partial charge in [-0.3, -0.25) is 4.79 Å². The summed E-state index contributed by atoms with van der Waals surface area (Å²) in [7, 11) is 0. The van der Waals surface area contributed by atoms with Gasteiger partial charge in [0, 0.05) is 0 Å². The van der Waals surface area contributed by atoms with Crippen molar-refractivity contribution in [2.24, 2.45) is 0 Å². The van der Waals surface area contributed by atoms with E-state index in [1.807, 2.05) is 13.8 Å². The molecule has 0 aliphatic rings. The average Bonchev–Trinajstić information content (AvgIpc) is 2.06. The molecule has 0 radical (unpaired) electrons. The number of aromatic amines is 1. The predicted octanol–water partition coefficient (Wildman–Crippen LogP) is 1.86. The van der Waals surface area contributed by atoms with Crippen molar-refractivity contribution in [3.8, 4) is 5.88 Å². The molecule has 0 atom stereocenters. The first-order valence-corrected chi connectivity index (χ1v) is 4.38. The predicted molar refractivity (Wildman–Crippen MR) is 50.6 cm³/mol. The molecule has 0 unspecified atom stereocenters. The van der Waals surface area contributed by atoms with E-state index in [0.717, 1.165) is 0 Å². The Bertz CT molecular complexity index is 362. The Hall–Kier alpha value is -0.740. The van der Waals surface area contributed by atoms with Crippen LogP contribution in [0.5, 0.6) is 5.88 Å². The van der Waals surface area contributed by atoms with Crippen LogP contribution >= 0.6 is 23.2 Å². The molecule has 0 amide bonds. The topological polar surface area (TPSA) is 55.0 Å². The van der Waals surface area contributed by atoms with E-state index < -0.39 is 5.56 Å². The van der Waals surface area contributed by atoms with Crippen molar-refractivity contribution < 1.29 is 4.74 Å². The molecule has 1 N–H and O–H groups in total. The molecule has 72 valence electrons. The van der Waals surface area contributed by atoms with Crippen molar-refractivity contribution in [2.45, 2.75) is 20.0 Å². The second-order valence-electron chi connectivity index (χ2n) is 2.65. The van der Waals surface area contributed by atoms with E-state index in [2.05, 4.69) is 10.2 Å². The summed E-state index contributed by atoms with van der Waals surface area (Å²) in [6.45, 7) is 3.63. The van der Waals surface area contributed by atoms with Crippen LogP contribution in [-0.4, -0.2) is 16.3 Å². The number of hydrogen-bond acceptors (Lipinski definition) is 3. The molecule has 13 heavy (non-hydrogen) atoms. The Morgan fingerprint density at radius 3 is 2.54 bits per heavy atom. The third kappa shape index (κ3) is 2.35. The van der Waals surface area contributed by atoms with E-state index in [0.29, 0.717) is 0 Å². The minimum atomic E-state index is -0.525. The molecule has 0 aromatic carbocycles. The molecule has 1 rings (SSSR count). The summed E-state index contributed by atoms with van der Waals surface area (Å²) in [4.78, 5) is 10.9. The van der Waals surface area contributed by atoms with E-state index in [1.54, 1.807) is 0 Å². The van der Waals surface area contributed by atoms with E-state index >= 15 is 0 Å². The van der Waals surface area contributed by atoms with Gasteiger partial charge in [0.05, 0.1) is 6.10 Å². The Balaban J connectivity index is 3.11. The fourth-order valence-corrected chi connectivity index (χ4v) is 0.990. The van der Waals surface area contributed by atoms with Gasteiger partial charge in [0.25, 0.3) is 11.4 Å². The van der Waals surface area contributed by atoms with Gasteiger partial charge in [-0.2, -0.15) is 0 Å². The molecular formula is C7H8Cl2N2O2. The number of aromatic nitrogens is 2. The number of rotatable bonds is 2. The molecular weight excluding hydrogens is 215 g/mol. The van der Waals surface area contributed by atoms with E-state index in [-0.39, 0.29) is 22.0 Å². The van der Waals surface area contributed by atoms with Crippen LogP contribution in [0.25, 0.3) is 0 Å². The van der Waals surface area contributed by atoms with Gasteiger partial charge in [0.1, 0.15) is 10.0 Å². The zero-order valence-corrected chi connectivity index (χ0v) is 8.61. The lowest BCUT2D eigenvalue weighted by Crippen LogP contribution is -2.14. The highest BCUT2D eigenvalue weighted by atomic mass is 35.5. The zero-order valence-electron chi connectivity index (χ0n) is 7.10. The third-order valence-corrected chi connectivity index (χ3v) is 1.99. The summed E-state index contributed by atoms with van der Waals surface area (Å²) in [5.41, 5.74) is -0.525. The molecule has 0 aliphatic carbocycles. The molecule has 1 heterocycles. The van der Waals surface area contributed by atoms with Crippen molar-refractivity contribution in [1.29, 1.82) is 0 Å². The first kappa shape index (κ1) is 10.3. The van der Waals surface area contributed by atoms with Crippen LogP contribution < -0.4 is 10.3 Å². The lowest BCUT2D eigenvalue weighted by atomic mass is 10.5. The molecule has 0 saturated carbocycles. The molecule has 4 nitrogen and oxygen atoms in total. The number of nitrogens with zero attached hydrogens (tertiary/aromatic N) is 1.